The Hall–Kier alpha value is -1.76. The smallest absolute Gasteiger partial charge is 0.126 e. The van der Waals surface area contributed by atoms with Crippen LogP contribution < -0.4 is 4.74 Å². The topological polar surface area (TPSA) is 9.23 Å². The zero-order valence-corrected chi connectivity index (χ0v) is 8.03. The normalized spacial score (nSPS) is 9.79. The van der Waals surface area contributed by atoms with Crippen LogP contribution in [0, 0.1) is 6.07 Å². The van der Waals surface area contributed by atoms with Gasteiger partial charge in [0.2, 0.25) is 0 Å². The molecular weight excluding hydrogens is 172 g/mol. The highest BCUT2D eigenvalue weighted by Gasteiger charge is 1.96. The number of hydrogen-bond donors (Lipinski definition) is 0. The van der Waals surface area contributed by atoms with Crippen molar-refractivity contribution in [1.29, 1.82) is 0 Å². The summed E-state index contributed by atoms with van der Waals surface area (Å²) in [7, 11) is 1.65. The average molecular weight is 183 g/mol. The molecule has 0 unspecified atom stereocenters. The van der Waals surface area contributed by atoms with E-state index in [1.165, 1.54) is 5.56 Å². The number of rotatable bonds is 2. The zero-order chi connectivity index (χ0) is 9.80. The molecule has 2 aromatic rings. The molecule has 0 saturated heterocycles. The van der Waals surface area contributed by atoms with E-state index in [2.05, 4.69) is 18.2 Å². The van der Waals surface area contributed by atoms with Crippen molar-refractivity contribution in [2.24, 2.45) is 0 Å². The third kappa shape index (κ3) is 1.77. The molecule has 0 amide bonds. The van der Waals surface area contributed by atoms with E-state index in [0.29, 0.717) is 0 Å². The average Bonchev–Trinajstić information content (AvgIpc) is 2.30. The van der Waals surface area contributed by atoms with Crippen molar-refractivity contribution >= 4 is 0 Å². The Morgan fingerprint density at radius 1 is 0.929 bits per heavy atom. The maximum absolute atomic E-state index is 5.05. The monoisotopic (exact) mass is 183 g/mol. The first kappa shape index (κ1) is 8.82. The second-order valence-electron chi connectivity index (χ2n) is 3.01. The summed E-state index contributed by atoms with van der Waals surface area (Å²) in [6, 6.07) is 19.2. The van der Waals surface area contributed by atoms with Gasteiger partial charge in [0.15, 0.2) is 0 Å². The Bertz CT molecular complexity index is 389. The first-order chi connectivity index (χ1) is 6.90. The van der Waals surface area contributed by atoms with Gasteiger partial charge in [0.05, 0.1) is 7.11 Å². The molecule has 0 heterocycles. The van der Waals surface area contributed by atoms with Crippen LogP contribution >= 0.6 is 0 Å². The minimum atomic E-state index is 0.768. The summed E-state index contributed by atoms with van der Waals surface area (Å²) in [5, 5.41) is 0. The van der Waals surface area contributed by atoms with E-state index in [1.54, 1.807) is 7.11 Å². The van der Waals surface area contributed by atoms with E-state index in [9.17, 15) is 0 Å². The van der Waals surface area contributed by atoms with Gasteiger partial charge in [-0.15, -0.1) is 0 Å². The highest BCUT2D eigenvalue weighted by Crippen LogP contribution is 2.20. The third-order valence-electron chi connectivity index (χ3n) is 2.11. The van der Waals surface area contributed by atoms with Crippen molar-refractivity contribution in [3.05, 3.63) is 54.6 Å². The molecule has 1 radical (unpaired) electrons. The Balaban J connectivity index is 2.34. The summed E-state index contributed by atoms with van der Waals surface area (Å²) < 4.78 is 5.05. The molecule has 0 aliphatic carbocycles. The van der Waals surface area contributed by atoms with Crippen molar-refractivity contribution in [1.82, 2.24) is 0 Å². The van der Waals surface area contributed by atoms with Crippen LogP contribution in [-0.4, -0.2) is 7.11 Å². The summed E-state index contributed by atoms with van der Waals surface area (Å²) in [6.07, 6.45) is 0. The predicted octanol–water partition coefficient (Wildman–Crippen LogP) is 3.16. The SMILES string of the molecule is COc1[c]cc(-c2ccccc2)cc1. The zero-order valence-electron chi connectivity index (χ0n) is 8.03. The van der Waals surface area contributed by atoms with Crippen molar-refractivity contribution < 1.29 is 4.74 Å². The maximum atomic E-state index is 5.05. The molecule has 0 atom stereocenters. The molecule has 2 rings (SSSR count). The van der Waals surface area contributed by atoms with E-state index in [-0.39, 0.29) is 0 Å². The van der Waals surface area contributed by atoms with E-state index in [1.807, 2.05) is 36.4 Å². The van der Waals surface area contributed by atoms with Gasteiger partial charge in [0, 0.05) is 6.07 Å². The first-order valence-corrected chi connectivity index (χ1v) is 4.51. The van der Waals surface area contributed by atoms with Crippen molar-refractivity contribution in [3.63, 3.8) is 0 Å². The molecule has 0 aliphatic heterocycles. The standard InChI is InChI=1S/C13H11O/c1-14-13-9-7-12(8-10-13)11-5-3-2-4-6-11/h2-9H,1H3. The molecule has 0 spiro atoms. The summed E-state index contributed by atoms with van der Waals surface area (Å²) >= 11 is 0. The van der Waals surface area contributed by atoms with E-state index >= 15 is 0 Å². The van der Waals surface area contributed by atoms with E-state index in [0.717, 1.165) is 11.3 Å². The van der Waals surface area contributed by atoms with Crippen LogP contribution in [0.25, 0.3) is 11.1 Å². The molecule has 0 aromatic heterocycles. The lowest BCUT2D eigenvalue weighted by Gasteiger charge is -2.02. The minimum absolute atomic E-state index is 0.768. The predicted molar refractivity (Wildman–Crippen MR) is 57.3 cm³/mol. The molecule has 2 aromatic carbocycles. The van der Waals surface area contributed by atoms with E-state index < -0.39 is 0 Å². The van der Waals surface area contributed by atoms with Gasteiger partial charge in [-0.05, 0) is 23.3 Å². The van der Waals surface area contributed by atoms with Crippen molar-refractivity contribution in [2.75, 3.05) is 7.11 Å². The Labute approximate surface area is 84.0 Å². The number of hydrogen-bond acceptors (Lipinski definition) is 1. The van der Waals surface area contributed by atoms with Crippen molar-refractivity contribution in [2.45, 2.75) is 0 Å². The molecule has 69 valence electrons. The molecule has 14 heavy (non-hydrogen) atoms. The highest BCUT2D eigenvalue weighted by molar-refractivity contribution is 5.63. The number of methoxy groups -OCH3 is 1. The van der Waals surface area contributed by atoms with E-state index in [4.69, 9.17) is 4.74 Å². The summed E-state index contributed by atoms with van der Waals surface area (Å²) in [5.41, 5.74) is 2.36. The second-order valence-corrected chi connectivity index (χ2v) is 3.01. The molecule has 0 fully saturated rings. The van der Waals surface area contributed by atoms with Gasteiger partial charge < -0.3 is 4.74 Å². The highest BCUT2D eigenvalue weighted by atomic mass is 16.5. The van der Waals surface area contributed by atoms with Gasteiger partial charge in [0.1, 0.15) is 5.75 Å². The number of benzene rings is 2. The Morgan fingerprint density at radius 2 is 1.71 bits per heavy atom. The van der Waals surface area contributed by atoms with Crippen LogP contribution in [-0.2, 0) is 0 Å². The largest absolute Gasteiger partial charge is 0.496 e. The first-order valence-electron chi connectivity index (χ1n) is 4.51. The lowest BCUT2D eigenvalue weighted by molar-refractivity contribution is 0.414. The lowest BCUT2D eigenvalue weighted by atomic mass is 10.1. The minimum Gasteiger partial charge on any atom is -0.496 e. The molecule has 0 bridgehead atoms. The summed E-state index contributed by atoms with van der Waals surface area (Å²) in [5.74, 6) is 0.768. The van der Waals surface area contributed by atoms with Crippen LogP contribution in [0.2, 0.25) is 0 Å². The molecule has 0 N–H and O–H groups in total. The van der Waals surface area contributed by atoms with Gasteiger partial charge in [-0.2, -0.15) is 0 Å². The van der Waals surface area contributed by atoms with Crippen LogP contribution in [0.5, 0.6) is 5.75 Å². The molecule has 1 heteroatoms. The maximum Gasteiger partial charge on any atom is 0.126 e. The molecule has 0 aliphatic rings. The van der Waals surface area contributed by atoms with Gasteiger partial charge in [0.25, 0.3) is 0 Å². The van der Waals surface area contributed by atoms with Crippen molar-refractivity contribution in [3.8, 4) is 16.9 Å². The fourth-order valence-corrected chi connectivity index (χ4v) is 1.35. The Kier molecular flexibility index (Phi) is 2.50. The second kappa shape index (κ2) is 3.97. The molecule has 0 saturated carbocycles. The van der Waals surface area contributed by atoms with Crippen LogP contribution in [0.3, 0.4) is 0 Å². The van der Waals surface area contributed by atoms with Crippen LogP contribution in [0.4, 0.5) is 0 Å². The van der Waals surface area contributed by atoms with Crippen LogP contribution in [0.15, 0.2) is 48.5 Å². The summed E-state index contributed by atoms with van der Waals surface area (Å²) in [4.78, 5) is 0. The fourth-order valence-electron chi connectivity index (χ4n) is 1.35. The van der Waals surface area contributed by atoms with Gasteiger partial charge in [-0.3, -0.25) is 0 Å². The molecule has 1 nitrogen and oxygen atoms in total. The Morgan fingerprint density at radius 3 is 2.29 bits per heavy atom. The van der Waals surface area contributed by atoms with Gasteiger partial charge in [-0.25, -0.2) is 0 Å². The fraction of sp³-hybridized carbons (Fsp3) is 0.0769. The summed E-state index contributed by atoms with van der Waals surface area (Å²) in [6.45, 7) is 0. The number of ether oxygens (including phenoxy) is 1. The molecular formula is C13H11O. The van der Waals surface area contributed by atoms with Gasteiger partial charge in [-0.1, -0.05) is 36.4 Å². The third-order valence-corrected chi connectivity index (χ3v) is 2.11. The quantitative estimate of drug-likeness (QED) is 0.694. The lowest BCUT2D eigenvalue weighted by Crippen LogP contribution is -1.82. The van der Waals surface area contributed by atoms with Gasteiger partial charge >= 0.3 is 0 Å². The van der Waals surface area contributed by atoms with Crippen LogP contribution in [0.1, 0.15) is 0 Å².